The van der Waals surface area contributed by atoms with Gasteiger partial charge in [0.25, 0.3) is 0 Å². The molecule has 0 amide bonds. The van der Waals surface area contributed by atoms with Crippen molar-refractivity contribution in [3.63, 3.8) is 0 Å². The first kappa shape index (κ1) is 18.3. The van der Waals surface area contributed by atoms with Crippen molar-refractivity contribution in [3.05, 3.63) is 40.6 Å². The average molecular weight is 348 g/mol. The maximum atomic E-state index is 12.6. The summed E-state index contributed by atoms with van der Waals surface area (Å²) in [7, 11) is 1.64. The Morgan fingerprint density at radius 1 is 1.33 bits per heavy atom. The van der Waals surface area contributed by atoms with Gasteiger partial charge in [-0.25, -0.2) is 4.79 Å². The Kier molecular flexibility index (Phi) is 6.20. The number of thiocarbonyl (C=S) groups is 1. The molecular weight excluding hydrogens is 324 g/mol. The van der Waals surface area contributed by atoms with Crippen LogP contribution in [0.25, 0.3) is 0 Å². The lowest BCUT2D eigenvalue weighted by molar-refractivity contribution is -0.139. The zero-order valence-corrected chi connectivity index (χ0v) is 15.4. The smallest absolute Gasteiger partial charge is 0.338 e. The first-order chi connectivity index (χ1) is 11.5. The number of benzene rings is 1. The zero-order chi connectivity index (χ0) is 17.7. The van der Waals surface area contributed by atoms with E-state index >= 15 is 0 Å². The second-order valence-electron chi connectivity index (χ2n) is 5.62. The molecule has 0 aliphatic carbocycles. The highest BCUT2D eigenvalue weighted by atomic mass is 32.1. The quantitative estimate of drug-likeness (QED) is 0.608. The van der Waals surface area contributed by atoms with Gasteiger partial charge in [0, 0.05) is 5.70 Å². The number of esters is 1. The third-order valence-electron chi connectivity index (χ3n) is 3.91. The van der Waals surface area contributed by atoms with Gasteiger partial charge in [0.1, 0.15) is 5.75 Å². The molecule has 1 aliphatic rings. The van der Waals surface area contributed by atoms with Crippen LogP contribution >= 0.6 is 12.2 Å². The minimum atomic E-state index is -0.353. The maximum Gasteiger partial charge on any atom is 0.338 e. The summed E-state index contributed by atoms with van der Waals surface area (Å²) in [5.74, 6) is 0.451. The van der Waals surface area contributed by atoms with Crippen LogP contribution in [-0.2, 0) is 9.53 Å². The van der Waals surface area contributed by atoms with E-state index in [0.717, 1.165) is 35.4 Å². The molecule has 1 aromatic carbocycles. The lowest BCUT2D eigenvalue weighted by atomic mass is 9.93. The molecule has 0 bridgehead atoms. The van der Waals surface area contributed by atoms with Crippen LogP contribution < -0.4 is 15.4 Å². The topological polar surface area (TPSA) is 59.6 Å². The minimum absolute atomic E-state index is 0.326. The molecule has 0 saturated carbocycles. The summed E-state index contributed by atoms with van der Waals surface area (Å²) in [4.78, 5) is 12.6. The van der Waals surface area contributed by atoms with Crippen molar-refractivity contribution in [1.82, 2.24) is 10.6 Å². The van der Waals surface area contributed by atoms with Gasteiger partial charge in [-0.05, 0) is 49.7 Å². The minimum Gasteiger partial charge on any atom is -0.496 e. The molecule has 0 unspecified atom stereocenters. The van der Waals surface area contributed by atoms with E-state index in [9.17, 15) is 4.79 Å². The van der Waals surface area contributed by atoms with E-state index in [4.69, 9.17) is 21.7 Å². The number of methoxy groups -OCH3 is 1. The lowest BCUT2D eigenvalue weighted by Gasteiger charge is -2.31. The van der Waals surface area contributed by atoms with Gasteiger partial charge in [0.15, 0.2) is 5.11 Å². The van der Waals surface area contributed by atoms with Crippen LogP contribution in [0, 0.1) is 6.92 Å². The molecule has 0 spiro atoms. The summed E-state index contributed by atoms with van der Waals surface area (Å²) in [5.41, 5.74) is 3.36. The largest absolute Gasteiger partial charge is 0.496 e. The van der Waals surface area contributed by atoms with Crippen molar-refractivity contribution in [2.75, 3.05) is 13.7 Å². The van der Waals surface area contributed by atoms with Gasteiger partial charge in [-0.15, -0.1) is 0 Å². The third-order valence-corrected chi connectivity index (χ3v) is 4.13. The predicted octanol–water partition coefficient (Wildman–Crippen LogP) is 3.14. The normalized spacial score (nSPS) is 17.2. The summed E-state index contributed by atoms with van der Waals surface area (Å²) < 4.78 is 10.7. The van der Waals surface area contributed by atoms with Crippen molar-refractivity contribution in [2.45, 2.75) is 39.7 Å². The Hall–Kier alpha value is -2.08. The molecule has 0 fully saturated rings. The Bertz CT molecular complexity index is 670. The van der Waals surface area contributed by atoms with Gasteiger partial charge in [0.2, 0.25) is 0 Å². The number of allylic oxidation sites excluding steroid dienone is 1. The fourth-order valence-electron chi connectivity index (χ4n) is 2.78. The van der Waals surface area contributed by atoms with Gasteiger partial charge >= 0.3 is 5.97 Å². The number of rotatable bonds is 6. The van der Waals surface area contributed by atoms with Crippen molar-refractivity contribution in [3.8, 4) is 5.75 Å². The zero-order valence-electron chi connectivity index (χ0n) is 14.6. The number of carbonyl (C=O) groups excluding carboxylic acids is 1. The first-order valence-electron chi connectivity index (χ1n) is 8.14. The summed E-state index contributed by atoms with van der Waals surface area (Å²) in [6.07, 6.45) is 1.63. The number of carbonyl (C=O) groups is 1. The van der Waals surface area contributed by atoms with E-state index in [1.54, 1.807) is 14.0 Å². The van der Waals surface area contributed by atoms with E-state index < -0.39 is 0 Å². The summed E-state index contributed by atoms with van der Waals surface area (Å²) in [6.45, 7) is 6.17. The van der Waals surface area contributed by atoms with Crippen LogP contribution in [0.3, 0.4) is 0 Å². The highest BCUT2D eigenvalue weighted by Crippen LogP contribution is 2.32. The highest BCUT2D eigenvalue weighted by Gasteiger charge is 2.32. The molecular formula is C18H24N2O3S. The van der Waals surface area contributed by atoms with E-state index in [1.807, 2.05) is 25.1 Å². The fourth-order valence-corrected chi connectivity index (χ4v) is 3.02. The highest BCUT2D eigenvalue weighted by molar-refractivity contribution is 7.80. The molecule has 130 valence electrons. The standard InChI is InChI=1S/C18H24N2O3S/c1-5-7-13-15(17(21)23-6-2)16(20-18(24)19-13)12-9-8-11(3)14(10-12)22-4/h8-10,16H,5-7H2,1-4H3,(H2,19,20,24)/t16-/m1/s1. The van der Waals surface area contributed by atoms with Crippen LogP contribution in [0.2, 0.25) is 0 Å². The van der Waals surface area contributed by atoms with Crippen molar-refractivity contribution < 1.29 is 14.3 Å². The summed E-state index contributed by atoms with van der Waals surface area (Å²) in [6, 6.07) is 5.54. The average Bonchev–Trinajstić information content (AvgIpc) is 2.55. The predicted molar refractivity (Wildman–Crippen MR) is 97.9 cm³/mol. The maximum absolute atomic E-state index is 12.6. The SMILES string of the molecule is CCCC1=C(C(=O)OCC)[C@@H](c2ccc(C)c(OC)c2)NC(=S)N1. The van der Waals surface area contributed by atoms with Crippen LogP contribution in [0.5, 0.6) is 5.75 Å². The van der Waals surface area contributed by atoms with E-state index in [1.165, 1.54) is 0 Å². The Morgan fingerprint density at radius 3 is 2.71 bits per heavy atom. The van der Waals surface area contributed by atoms with Gasteiger partial charge < -0.3 is 20.1 Å². The van der Waals surface area contributed by atoms with Gasteiger partial charge in [-0.1, -0.05) is 25.5 Å². The second-order valence-corrected chi connectivity index (χ2v) is 6.03. The molecule has 0 aromatic heterocycles. The summed E-state index contributed by atoms with van der Waals surface area (Å²) >= 11 is 5.33. The van der Waals surface area contributed by atoms with Crippen LogP contribution in [0.4, 0.5) is 0 Å². The van der Waals surface area contributed by atoms with Crippen molar-refractivity contribution in [2.24, 2.45) is 0 Å². The fraction of sp³-hybridized carbons (Fsp3) is 0.444. The van der Waals surface area contributed by atoms with Crippen molar-refractivity contribution in [1.29, 1.82) is 0 Å². The number of hydrogen-bond donors (Lipinski definition) is 2. The Balaban J connectivity index is 2.53. The molecule has 1 atom stereocenters. The molecule has 2 N–H and O–H groups in total. The van der Waals surface area contributed by atoms with Crippen LogP contribution in [-0.4, -0.2) is 24.8 Å². The lowest BCUT2D eigenvalue weighted by Crippen LogP contribution is -2.45. The Labute approximate surface area is 148 Å². The van der Waals surface area contributed by atoms with Gasteiger partial charge in [-0.3, -0.25) is 0 Å². The second kappa shape index (κ2) is 8.15. The van der Waals surface area contributed by atoms with E-state index in [2.05, 4.69) is 17.6 Å². The number of aryl methyl sites for hydroxylation is 1. The van der Waals surface area contributed by atoms with Crippen LogP contribution in [0.15, 0.2) is 29.5 Å². The summed E-state index contributed by atoms with van der Waals surface area (Å²) in [5, 5.41) is 6.81. The molecule has 2 rings (SSSR count). The number of nitrogens with one attached hydrogen (secondary N) is 2. The van der Waals surface area contributed by atoms with E-state index in [0.29, 0.717) is 17.3 Å². The molecule has 1 aromatic rings. The molecule has 0 saturated heterocycles. The van der Waals surface area contributed by atoms with Gasteiger partial charge in [0.05, 0.1) is 25.3 Å². The molecule has 1 aliphatic heterocycles. The molecule has 24 heavy (non-hydrogen) atoms. The molecule has 1 heterocycles. The van der Waals surface area contributed by atoms with Crippen molar-refractivity contribution >= 4 is 23.3 Å². The number of hydrogen-bond acceptors (Lipinski definition) is 4. The third kappa shape index (κ3) is 3.87. The molecule has 0 radical (unpaired) electrons. The van der Waals surface area contributed by atoms with E-state index in [-0.39, 0.29) is 12.0 Å². The first-order valence-corrected chi connectivity index (χ1v) is 8.54. The number of ether oxygens (including phenoxy) is 2. The van der Waals surface area contributed by atoms with Gasteiger partial charge in [-0.2, -0.15) is 0 Å². The Morgan fingerprint density at radius 2 is 2.08 bits per heavy atom. The monoisotopic (exact) mass is 348 g/mol. The molecule has 6 heteroatoms. The van der Waals surface area contributed by atoms with Crippen LogP contribution in [0.1, 0.15) is 43.9 Å². The molecule has 5 nitrogen and oxygen atoms in total.